The predicted octanol–water partition coefficient (Wildman–Crippen LogP) is 3.21. The van der Waals surface area contributed by atoms with E-state index in [0.717, 1.165) is 0 Å². The molecule has 2 aromatic carbocycles. The van der Waals surface area contributed by atoms with Gasteiger partial charge in [-0.1, -0.05) is 60.7 Å². The Kier molecular flexibility index (Phi) is 6.38. The van der Waals surface area contributed by atoms with Gasteiger partial charge < -0.3 is 4.74 Å². The monoisotopic (exact) mass is 388 g/mol. The first-order chi connectivity index (χ1) is 12.2. The Hall–Kier alpha value is -2.39. The molecule has 1 atom stereocenters. The fourth-order valence-corrected chi connectivity index (χ4v) is 2.58. The minimum absolute atomic E-state index is 0.222. The maximum atomic E-state index is 12.6. The molecule has 0 aliphatic carbocycles. The number of ether oxygens (including phenoxy) is 1. The van der Waals surface area contributed by atoms with Gasteiger partial charge in [-0.05, 0) is 11.1 Å². The van der Waals surface area contributed by atoms with E-state index in [4.69, 9.17) is 4.74 Å². The summed E-state index contributed by atoms with van der Waals surface area (Å²) in [7, 11) is -5.95. The SMILES string of the molecule is O=C(OCc1ccccc1)C(Cc1ccccc1)OS(=O)(=O)C(F)(F)F. The molecule has 5 nitrogen and oxygen atoms in total. The van der Waals surface area contributed by atoms with Crippen LogP contribution in [-0.2, 0) is 36.9 Å². The molecule has 140 valence electrons. The Morgan fingerprint density at radius 2 is 1.42 bits per heavy atom. The number of benzene rings is 2. The van der Waals surface area contributed by atoms with Crippen LogP contribution in [0.5, 0.6) is 0 Å². The van der Waals surface area contributed by atoms with Crippen LogP contribution >= 0.6 is 0 Å². The summed E-state index contributed by atoms with van der Waals surface area (Å²) in [6.45, 7) is -0.222. The Labute approximate surface area is 148 Å². The molecule has 0 aliphatic heterocycles. The van der Waals surface area contributed by atoms with E-state index in [1.807, 2.05) is 0 Å². The lowest BCUT2D eigenvalue weighted by Gasteiger charge is -2.17. The van der Waals surface area contributed by atoms with Crippen LogP contribution in [0, 0.1) is 0 Å². The van der Waals surface area contributed by atoms with Crippen molar-refractivity contribution in [3.05, 3.63) is 71.8 Å². The first-order valence-electron chi connectivity index (χ1n) is 7.43. The molecule has 0 amide bonds. The third-order valence-corrected chi connectivity index (χ3v) is 4.33. The van der Waals surface area contributed by atoms with Crippen molar-refractivity contribution in [3.63, 3.8) is 0 Å². The van der Waals surface area contributed by atoms with Crippen LogP contribution in [0.2, 0.25) is 0 Å². The van der Waals surface area contributed by atoms with Gasteiger partial charge in [0.25, 0.3) is 0 Å². The average molecular weight is 388 g/mol. The van der Waals surface area contributed by atoms with Crippen molar-refractivity contribution in [3.8, 4) is 0 Å². The Balaban J connectivity index is 2.15. The van der Waals surface area contributed by atoms with Crippen LogP contribution in [-0.4, -0.2) is 26.0 Å². The van der Waals surface area contributed by atoms with Gasteiger partial charge in [0, 0.05) is 6.42 Å². The van der Waals surface area contributed by atoms with E-state index < -0.39 is 27.7 Å². The zero-order valence-electron chi connectivity index (χ0n) is 13.3. The number of halogens is 3. The molecule has 0 aromatic heterocycles. The summed E-state index contributed by atoms with van der Waals surface area (Å²) in [6, 6.07) is 16.3. The van der Waals surface area contributed by atoms with Crippen molar-refractivity contribution >= 4 is 16.1 Å². The third-order valence-electron chi connectivity index (χ3n) is 3.28. The average Bonchev–Trinajstić information content (AvgIpc) is 2.60. The summed E-state index contributed by atoms with van der Waals surface area (Å²) in [4.78, 5) is 12.1. The van der Waals surface area contributed by atoms with Crippen molar-refractivity contribution in [2.75, 3.05) is 0 Å². The highest BCUT2D eigenvalue weighted by Gasteiger charge is 2.49. The van der Waals surface area contributed by atoms with Crippen molar-refractivity contribution in [2.24, 2.45) is 0 Å². The quantitative estimate of drug-likeness (QED) is 0.414. The molecule has 26 heavy (non-hydrogen) atoms. The smallest absolute Gasteiger partial charge is 0.459 e. The van der Waals surface area contributed by atoms with Crippen molar-refractivity contribution in [1.29, 1.82) is 0 Å². The number of rotatable bonds is 7. The molecule has 0 N–H and O–H groups in total. The molecule has 2 aromatic rings. The Morgan fingerprint density at radius 1 is 0.923 bits per heavy atom. The number of alkyl halides is 3. The first kappa shape index (κ1) is 19.9. The minimum atomic E-state index is -5.95. The number of esters is 1. The summed E-state index contributed by atoms with van der Waals surface area (Å²) in [5.41, 5.74) is -4.62. The summed E-state index contributed by atoms with van der Waals surface area (Å²) < 4.78 is 69.4. The van der Waals surface area contributed by atoms with Crippen molar-refractivity contribution in [2.45, 2.75) is 24.6 Å². The molecular formula is C17H15F3O5S. The van der Waals surface area contributed by atoms with Gasteiger partial charge in [-0.25, -0.2) is 8.98 Å². The normalized spacial score (nSPS) is 13.2. The highest BCUT2D eigenvalue weighted by atomic mass is 32.2. The molecule has 0 radical (unpaired) electrons. The summed E-state index contributed by atoms with van der Waals surface area (Å²) in [5, 5.41) is 0. The second-order valence-corrected chi connectivity index (χ2v) is 6.83. The van der Waals surface area contributed by atoms with Gasteiger partial charge in [-0.3, -0.25) is 0 Å². The summed E-state index contributed by atoms with van der Waals surface area (Å²) >= 11 is 0. The van der Waals surface area contributed by atoms with E-state index in [1.165, 1.54) is 12.1 Å². The van der Waals surface area contributed by atoms with Gasteiger partial charge in [-0.2, -0.15) is 21.6 Å². The summed E-state index contributed by atoms with van der Waals surface area (Å²) in [5.74, 6) is -1.20. The molecule has 1 unspecified atom stereocenters. The summed E-state index contributed by atoms with van der Waals surface area (Å²) in [6.07, 6.45) is -2.34. The first-order valence-corrected chi connectivity index (χ1v) is 8.84. The van der Waals surface area contributed by atoms with Crippen LogP contribution < -0.4 is 0 Å². The van der Waals surface area contributed by atoms with Gasteiger partial charge in [0.15, 0.2) is 6.10 Å². The van der Waals surface area contributed by atoms with Crippen molar-refractivity contribution in [1.82, 2.24) is 0 Å². The molecule has 0 fully saturated rings. The van der Waals surface area contributed by atoms with Crippen LogP contribution in [0.1, 0.15) is 11.1 Å². The van der Waals surface area contributed by atoms with Crippen LogP contribution in [0.15, 0.2) is 60.7 Å². The Bertz CT molecular complexity index is 820. The van der Waals surface area contributed by atoms with Crippen LogP contribution in [0.25, 0.3) is 0 Å². The van der Waals surface area contributed by atoms with Gasteiger partial charge in [-0.15, -0.1) is 0 Å². The van der Waals surface area contributed by atoms with E-state index in [1.54, 1.807) is 48.5 Å². The van der Waals surface area contributed by atoms with E-state index >= 15 is 0 Å². The molecule has 0 bridgehead atoms. The molecular weight excluding hydrogens is 373 g/mol. The maximum absolute atomic E-state index is 12.6. The predicted molar refractivity (Wildman–Crippen MR) is 86.2 cm³/mol. The molecule has 9 heteroatoms. The topological polar surface area (TPSA) is 69.7 Å². The molecule has 0 aliphatic rings. The highest BCUT2D eigenvalue weighted by Crippen LogP contribution is 2.27. The van der Waals surface area contributed by atoms with E-state index in [9.17, 15) is 26.4 Å². The third kappa shape index (κ3) is 5.57. The number of hydrogen-bond acceptors (Lipinski definition) is 5. The second kappa shape index (κ2) is 8.33. The lowest BCUT2D eigenvalue weighted by Crippen LogP contribution is -2.36. The van der Waals surface area contributed by atoms with Crippen molar-refractivity contribution < 1.29 is 35.3 Å². The second-order valence-electron chi connectivity index (χ2n) is 5.27. The molecule has 0 heterocycles. The van der Waals surface area contributed by atoms with E-state index in [0.29, 0.717) is 11.1 Å². The highest BCUT2D eigenvalue weighted by molar-refractivity contribution is 7.87. The zero-order chi connectivity index (χ0) is 19.2. The zero-order valence-corrected chi connectivity index (χ0v) is 14.2. The fourth-order valence-electron chi connectivity index (χ4n) is 2.01. The van der Waals surface area contributed by atoms with Gasteiger partial charge >= 0.3 is 21.6 Å². The van der Waals surface area contributed by atoms with Gasteiger partial charge in [0.2, 0.25) is 0 Å². The maximum Gasteiger partial charge on any atom is 0.523 e. The minimum Gasteiger partial charge on any atom is -0.459 e. The Morgan fingerprint density at radius 3 is 1.92 bits per heavy atom. The molecule has 2 rings (SSSR count). The van der Waals surface area contributed by atoms with E-state index in [-0.39, 0.29) is 13.0 Å². The molecule has 0 saturated carbocycles. The largest absolute Gasteiger partial charge is 0.523 e. The standard InChI is InChI=1S/C17H15F3O5S/c18-17(19,20)26(22,23)25-15(11-13-7-3-1-4-8-13)16(21)24-12-14-9-5-2-6-10-14/h1-10,15H,11-12H2. The van der Waals surface area contributed by atoms with Crippen LogP contribution in [0.4, 0.5) is 13.2 Å². The lowest BCUT2D eigenvalue weighted by molar-refractivity contribution is -0.153. The van der Waals surface area contributed by atoms with Gasteiger partial charge in [0.1, 0.15) is 6.61 Å². The molecule has 0 spiro atoms. The molecule has 0 saturated heterocycles. The number of hydrogen-bond donors (Lipinski definition) is 0. The van der Waals surface area contributed by atoms with Gasteiger partial charge in [0.05, 0.1) is 0 Å². The number of carbonyl (C=O) groups is 1. The van der Waals surface area contributed by atoms with Crippen LogP contribution in [0.3, 0.4) is 0 Å². The lowest BCUT2D eigenvalue weighted by atomic mass is 10.1. The number of carbonyl (C=O) groups excluding carboxylic acids is 1. The fraction of sp³-hybridized carbons (Fsp3) is 0.235. The van der Waals surface area contributed by atoms with E-state index in [2.05, 4.69) is 4.18 Å².